The number of ether oxygens (including phenoxy) is 1. The van der Waals surface area contributed by atoms with Gasteiger partial charge >= 0.3 is 0 Å². The van der Waals surface area contributed by atoms with Crippen LogP contribution in [-0.2, 0) is 9.16 Å². The van der Waals surface area contributed by atoms with Crippen LogP contribution in [0.4, 0.5) is 4.39 Å². The Morgan fingerprint density at radius 1 is 1.45 bits per heavy atom. The fourth-order valence-corrected chi connectivity index (χ4v) is 1.23. The first kappa shape index (κ1) is 10.5. The Labute approximate surface area is 68.1 Å². The molecule has 0 heterocycles. The van der Waals surface area contributed by atoms with E-state index in [1.54, 1.807) is 6.92 Å². The summed E-state index contributed by atoms with van der Waals surface area (Å²) < 4.78 is 22.1. The van der Waals surface area contributed by atoms with Gasteiger partial charge in [0.15, 0.2) is 6.33 Å². The largest absolute Gasteiger partial charge is 0.518 e. The molecule has 11 heavy (non-hydrogen) atoms. The highest BCUT2D eigenvalue weighted by Gasteiger charge is 2.18. The van der Waals surface area contributed by atoms with Crippen molar-refractivity contribution in [1.82, 2.24) is 0 Å². The summed E-state index contributed by atoms with van der Waals surface area (Å²) in [5, 5.41) is 0. The summed E-state index contributed by atoms with van der Waals surface area (Å²) in [6, 6.07) is 0. The van der Waals surface area contributed by atoms with E-state index in [0.29, 0.717) is 12.9 Å². The standard InChI is InChI=1S/C7H15FO2Si/c1-5-9-7(6-8)10-11(2,3)4/h6H,5H2,1-4H3/b7-6+. The third-order valence-electron chi connectivity index (χ3n) is 0.782. The van der Waals surface area contributed by atoms with E-state index in [1.165, 1.54) is 0 Å². The van der Waals surface area contributed by atoms with Crippen LogP contribution < -0.4 is 0 Å². The summed E-state index contributed by atoms with van der Waals surface area (Å²) >= 11 is 0. The van der Waals surface area contributed by atoms with E-state index in [2.05, 4.69) is 0 Å². The summed E-state index contributed by atoms with van der Waals surface area (Å²) in [5.41, 5.74) is 0. The Hall–Kier alpha value is -0.513. The SMILES string of the molecule is CCO/C(=C\F)O[Si](C)(C)C. The molecule has 0 rings (SSSR count). The molecule has 0 aliphatic heterocycles. The molecule has 0 fully saturated rings. The smallest absolute Gasteiger partial charge is 0.295 e. The lowest BCUT2D eigenvalue weighted by Crippen LogP contribution is -2.25. The van der Waals surface area contributed by atoms with E-state index in [9.17, 15) is 4.39 Å². The van der Waals surface area contributed by atoms with Crippen molar-refractivity contribution in [2.24, 2.45) is 0 Å². The average Bonchev–Trinajstić information content (AvgIpc) is 1.84. The Morgan fingerprint density at radius 3 is 2.27 bits per heavy atom. The fraction of sp³-hybridized carbons (Fsp3) is 0.714. The van der Waals surface area contributed by atoms with Gasteiger partial charge in [0.25, 0.3) is 5.95 Å². The first-order valence-corrected chi connectivity index (χ1v) is 7.02. The summed E-state index contributed by atoms with van der Waals surface area (Å²) in [6.45, 7) is 8.12. The van der Waals surface area contributed by atoms with Crippen LogP contribution >= 0.6 is 0 Å². The van der Waals surface area contributed by atoms with Crippen LogP contribution in [0.25, 0.3) is 0 Å². The monoisotopic (exact) mass is 178 g/mol. The highest BCUT2D eigenvalue weighted by Crippen LogP contribution is 2.11. The molecule has 0 aromatic rings. The molecule has 0 amide bonds. The van der Waals surface area contributed by atoms with Crippen LogP contribution in [0, 0.1) is 0 Å². The lowest BCUT2D eigenvalue weighted by atomic mass is 10.8. The number of rotatable bonds is 4. The van der Waals surface area contributed by atoms with Crippen molar-refractivity contribution in [2.75, 3.05) is 6.61 Å². The van der Waals surface area contributed by atoms with Crippen molar-refractivity contribution in [2.45, 2.75) is 26.6 Å². The summed E-state index contributed by atoms with van der Waals surface area (Å²) in [6.07, 6.45) is 0.363. The first-order valence-electron chi connectivity index (χ1n) is 3.62. The summed E-state index contributed by atoms with van der Waals surface area (Å²) in [5.74, 6) is 0.00617. The molecule has 0 atom stereocenters. The second kappa shape index (κ2) is 4.38. The lowest BCUT2D eigenvalue weighted by molar-refractivity contribution is 0.106. The molecular formula is C7H15FO2Si. The predicted molar refractivity (Wildman–Crippen MR) is 45.2 cm³/mol. The highest BCUT2D eigenvalue weighted by atomic mass is 28.4. The van der Waals surface area contributed by atoms with Crippen LogP contribution in [0.5, 0.6) is 0 Å². The fourth-order valence-electron chi connectivity index (χ4n) is 0.527. The van der Waals surface area contributed by atoms with Crippen LogP contribution in [0.2, 0.25) is 19.6 Å². The number of halogens is 1. The van der Waals surface area contributed by atoms with Crippen LogP contribution in [0.3, 0.4) is 0 Å². The first-order chi connectivity index (χ1) is 4.99. The van der Waals surface area contributed by atoms with Crippen molar-refractivity contribution in [3.05, 3.63) is 12.3 Å². The van der Waals surface area contributed by atoms with Gasteiger partial charge in [-0.3, -0.25) is 0 Å². The van der Waals surface area contributed by atoms with Crippen LogP contribution in [-0.4, -0.2) is 14.9 Å². The molecule has 0 aliphatic rings. The second-order valence-electron chi connectivity index (χ2n) is 3.08. The van der Waals surface area contributed by atoms with E-state index >= 15 is 0 Å². The van der Waals surface area contributed by atoms with E-state index in [1.807, 2.05) is 19.6 Å². The molecule has 0 aromatic carbocycles. The summed E-state index contributed by atoms with van der Waals surface area (Å²) in [7, 11) is -1.71. The Balaban J connectivity index is 3.90. The maximum Gasteiger partial charge on any atom is 0.295 e. The molecule has 66 valence electrons. The summed E-state index contributed by atoms with van der Waals surface area (Å²) in [4.78, 5) is 0. The molecule has 0 saturated carbocycles. The van der Waals surface area contributed by atoms with Crippen LogP contribution in [0.15, 0.2) is 12.3 Å². The highest BCUT2D eigenvalue weighted by molar-refractivity contribution is 6.69. The molecule has 0 aromatic heterocycles. The molecule has 4 heteroatoms. The van der Waals surface area contributed by atoms with E-state index in [0.717, 1.165) is 0 Å². The van der Waals surface area contributed by atoms with Gasteiger partial charge in [0, 0.05) is 0 Å². The van der Waals surface area contributed by atoms with Crippen molar-refractivity contribution in [3.8, 4) is 0 Å². The van der Waals surface area contributed by atoms with E-state index in [4.69, 9.17) is 9.16 Å². The maximum atomic E-state index is 12.0. The molecule has 0 saturated heterocycles. The Kier molecular flexibility index (Phi) is 4.18. The minimum atomic E-state index is -1.71. The molecule has 0 unspecified atom stereocenters. The normalized spacial score (nSPS) is 13.0. The second-order valence-corrected chi connectivity index (χ2v) is 7.50. The van der Waals surface area contributed by atoms with Crippen molar-refractivity contribution < 1.29 is 13.6 Å². The van der Waals surface area contributed by atoms with Gasteiger partial charge in [0.1, 0.15) is 0 Å². The quantitative estimate of drug-likeness (QED) is 0.486. The topological polar surface area (TPSA) is 18.5 Å². The number of hydrogen-bond donors (Lipinski definition) is 0. The molecular weight excluding hydrogens is 163 g/mol. The van der Waals surface area contributed by atoms with E-state index < -0.39 is 8.32 Å². The molecule has 0 radical (unpaired) electrons. The van der Waals surface area contributed by atoms with Crippen molar-refractivity contribution >= 4 is 8.32 Å². The molecule has 2 nitrogen and oxygen atoms in total. The van der Waals surface area contributed by atoms with Gasteiger partial charge in [-0.2, -0.15) is 0 Å². The van der Waals surface area contributed by atoms with Gasteiger partial charge in [-0.15, -0.1) is 0 Å². The van der Waals surface area contributed by atoms with Gasteiger partial charge < -0.3 is 9.16 Å². The lowest BCUT2D eigenvalue weighted by Gasteiger charge is -2.19. The van der Waals surface area contributed by atoms with Gasteiger partial charge in [0.2, 0.25) is 8.32 Å². The molecule has 0 spiro atoms. The Bertz CT molecular complexity index is 140. The predicted octanol–water partition coefficient (Wildman–Crippen LogP) is 2.64. The molecule has 0 bridgehead atoms. The Morgan fingerprint density at radius 2 is 2.00 bits per heavy atom. The minimum absolute atomic E-state index is 0.00617. The maximum absolute atomic E-state index is 12.0. The van der Waals surface area contributed by atoms with Crippen molar-refractivity contribution in [1.29, 1.82) is 0 Å². The minimum Gasteiger partial charge on any atom is -0.518 e. The molecule has 0 aliphatic carbocycles. The van der Waals surface area contributed by atoms with Gasteiger partial charge in [-0.05, 0) is 26.6 Å². The van der Waals surface area contributed by atoms with Gasteiger partial charge in [0.05, 0.1) is 6.61 Å². The zero-order valence-corrected chi connectivity index (χ0v) is 8.48. The van der Waals surface area contributed by atoms with Gasteiger partial charge in [-0.25, -0.2) is 4.39 Å². The zero-order chi connectivity index (χ0) is 8.91. The average molecular weight is 178 g/mol. The number of hydrogen-bond acceptors (Lipinski definition) is 2. The zero-order valence-electron chi connectivity index (χ0n) is 7.48. The van der Waals surface area contributed by atoms with E-state index in [-0.39, 0.29) is 5.95 Å². The third kappa shape index (κ3) is 5.91. The van der Waals surface area contributed by atoms with Crippen molar-refractivity contribution in [3.63, 3.8) is 0 Å². The van der Waals surface area contributed by atoms with Gasteiger partial charge in [-0.1, -0.05) is 0 Å². The third-order valence-corrected chi connectivity index (χ3v) is 1.60. The van der Waals surface area contributed by atoms with Crippen LogP contribution in [0.1, 0.15) is 6.92 Å². The molecule has 0 N–H and O–H groups in total.